The molecule has 1 saturated carbocycles. The zero-order valence-corrected chi connectivity index (χ0v) is 26.4. The third-order valence-electron chi connectivity index (χ3n) is 10.4. The lowest BCUT2D eigenvalue weighted by Gasteiger charge is -2.58. The van der Waals surface area contributed by atoms with Gasteiger partial charge in [0.25, 0.3) is 11.8 Å². The van der Waals surface area contributed by atoms with Gasteiger partial charge in [-0.1, -0.05) is 48.5 Å². The van der Waals surface area contributed by atoms with Gasteiger partial charge in [0.1, 0.15) is 11.3 Å². The van der Waals surface area contributed by atoms with Crippen molar-refractivity contribution in [2.75, 3.05) is 23.7 Å². The van der Waals surface area contributed by atoms with Crippen LogP contribution >= 0.6 is 0 Å². The summed E-state index contributed by atoms with van der Waals surface area (Å²) in [4.78, 5) is 32.3. The number of hydrogen-bond acceptors (Lipinski definition) is 8. The topological polar surface area (TPSA) is 102 Å². The Bertz CT molecular complexity index is 1720. The summed E-state index contributed by atoms with van der Waals surface area (Å²) in [6.45, 7) is 0.892. The number of fused-ring (bicyclic) bond motifs is 4. The second kappa shape index (κ2) is 11.1. The molecule has 1 fully saturated rings. The van der Waals surface area contributed by atoms with E-state index in [1.807, 2.05) is 107 Å². The van der Waals surface area contributed by atoms with Crippen molar-refractivity contribution in [1.82, 2.24) is 9.80 Å². The molecule has 0 radical (unpaired) electrons. The maximum atomic E-state index is 14.2. The highest BCUT2D eigenvalue weighted by Gasteiger charge is 2.54. The Balaban J connectivity index is 0.980. The van der Waals surface area contributed by atoms with Crippen molar-refractivity contribution in [2.24, 2.45) is 0 Å². The van der Waals surface area contributed by atoms with Crippen LogP contribution in [-0.4, -0.2) is 58.6 Å². The smallest absolute Gasteiger partial charge is 0.257 e. The number of carbonyl (C=O) groups is 2. The Labute approximate surface area is 278 Å². The van der Waals surface area contributed by atoms with Gasteiger partial charge in [-0.3, -0.25) is 9.59 Å². The summed E-state index contributed by atoms with van der Waals surface area (Å²) < 4.78 is 24.2. The number of nitrogens with one attached hydrogen (secondary N) is 2. The van der Waals surface area contributed by atoms with Gasteiger partial charge in [0.2, 0.25) is 12.6 Å². The van der Waals surface area contributed by atoms with E-state index in [1.165, 1.54) is 0 Å². The Hall–Kier alpha value is -5.38. The maximum absolute atomic E-state index is 14.2. The van der Waals surface area contributed by atoms with Gasteiger partial charge in [-0.15, -0.1) is 0 Å². The van der Waals surface area contributed by atoms with E-state index in [1.54, 1.807) is 0 Å². The lowest BCUT2D eigenvalue weighted by molar-refractivity contribution is -0.0196. The molecule has 1 aliphatic carbocycles. The largest absolute Gasteiger partial charge is 0.451 e. The van der Waals surface area contributed by atoms with Crippen LogP contribution in [0.3, 0.4) is 0 Å². The van der Waals surface area contributed by atoms with Crippen molar-refractivity contribution in [3.8, 4) is 23.0 Å². The number of benzene rings is 4. The van der Waals surface area contributed by atoms with Crippen molar-refractivity contribution < 1.29 is 28.5 Å². The van der Waals surface area contributed by atoms with Crippen molar-refractivity contribution in [2.45, 2.75) is 62.4 Å². The molecule has 4 aromatic rings. The summed E-state index contributed by atoms with van der Waals surface area (Å²) in [5, 5.41) is 7.58. The molecule has 2 spiro atoms. The van der Waals surface area contributed by atoms with E-state index >= 15 is 0 Å². The fourth-order valence-electron chi connectivity index (χ4n) is 7.98. The van der Waals surface area contributed by atoms with Crippen LogP contribution in [0.4, 0.5) is 11.4 Å². The molecule has 0 saturated heterocycles. The molecule has 0 aromatic heterocycles. The zero-order chi connectivity index (χ0) is 32.3. The zero-order valence-electron chi connectivity index (χ0n) is 26.4. The van der Waals surface area contributed by atoms with E-state index < -0.39 is 23.9 Å². The first-order valence-corrected chi connectivity index (χ1v) is 16.7. The second-order valence-corrected chi connectivity index (χ2v) is 13.1. The number of anilines is 2. The summed E-state index contributed by atoms with van der Waals surface area (Å²) >= 11 is 0. The molecule has 4 heterocycles. The lowest BCUT2D eigenvalue weighted by atomic mass is 9.76. The molecule has 5 aliphatic rings. The number of hydrogen-bond donors (Lipinski definition) is 2. The first-order valence-electron chi connectivity index (χ1n) is 16.7. The first-order chi connectivity index (χ1) is 23.5. The molecule has 4 aliphatic heterocycles. The van der Waals surface area contributed by atoms with Crippen molar-refractivity contribution >= 4 is 23.2 Å². The van der Waals surface area contributed by atoms with Crippen LogP contribution in [0.1, 0.15) is 59.2 Å². The van der Waals surface area contributed by atoms with Crippen LogP contribution in [0.2, 0.25) is 0 Å². The van der Waals surface area contributed by atoms with Gasteiger partial charge in [0.15, 0.2) is 23.0 Å². The van der Waals surface area contributed by atoms with Crippen LogP contribution in [0.15, 0.2) is 97.1 Å². The van der Waals surface area contributed by atoms with Crippen LogP contribution in [-0.2, 0) is 0 Å². The SMILES string of the molecule is O=C1c2ccccc2NC2(CCC3(CC2)Nc2ccccc2C(=O)N3CCC2Oc3ccccc3O2)N1CCC1Oc2ccccc2O1. The molecular weight excluding hydrogens is 608 g/mol. The number of carbonyl (C=O) groups excluding carboxylic acids is 2. The van der Waals surface area contributed by atoms with Crippen molar-refractivity contribution in [3.05, 3.63) is 108 Å². The van der Waals surface area contributed by atoms with Crippen LogP contribution in [0.25, 0.3) is 0 Å². The predicted octanol–water partition coefficient (Wildman–Crippen LogP) is 6.46. The van der Waals surface area contributed by atoms with Crippen molar-refractivity contribution in [3.63, 3.8) is 0 Å². The van der Waals surface area contributed by atoms with Crippen molar-refractivity contribution in [1.29, 1.82) is 0 Å². The average molecular weight is 645 g/mol. The molecule has 10 heteroatoms. The summed E-state index contributed by atoms with van der Waals surface area (Å²) in [5.41, 5.74) is 1.68. The molecular formula is C38H36N4O6. The van der Waals surface area contributed by atoms with Crippen LogP contribution < -0.4 is 29.6 Å². The Morgan fingerprint density at radius 3 is 1.23 bits per heavy atom. The molecule has 0 bridgehead atoms. The van der Waals surface area contributed by atoms with Gasteiger partial charge in [-0.2, -0.15) is 0 Å². The molecule has 4 aromatic carbocycles. The third kappa shape index (κ3) is 4.69. The fourth-order valence-corrected chi connectivity index (χ4v) is 7.98. The molecule has 0 unspecified atom stereocenters. The lowest BCUT2D eigenvalue weighted by Crippen LogP contribution is -2.68. The Morgan fingerprint density at radius 2 is 0.854 bits per heavy atom. The van der Waals surface area contributed by atoms with Crippen LogP contribution in [0, 0.1) is 0 Å². The summed E-state index contributed by atoms with van der Waals surface area (Å²) in [6, 6.07) is 30.7. The standard InChI is InChI=1S/C38H36N4O6/c43-35-25-9-1-3-11-27(25)39-37(41(35)23-17-33-45-29-13-5-6-14-30(29)46-33)19-21-38(22-20-37)40-28-12-4-2-10-26(28)36(44)42(38)24-18-34-47-31-15-7-8-16-32(31)48-34/h1-16,33-34,39-40H,17-24H2. The molecule has 2 N–H and O–H groups in total. The third-order valence-corrected chi connectivity index (χ3v) is 10.4. The minimum Gasteiger partial charge on any atom is -0.451 e. The summed E-state index contributed by atoms with van der Waals surface area (Å²) in [7, 11) is 0. The summed E-state index contributed by atoms with van der Waals surface area (Å²) in [6.07, 6.45) is 2.57. The highest BCUT2D eigenvalue weighted by atomic mass is 16.7. The Morgan fingerprint density at radius 1 is 0.521 bits per heavy atom. The van der Waals surface area contributed by atoms with E-state index in [2.05, 4.69) is 10.6 Å². The fraction of sp³-hybridized carbons (Fsp3) is 0.316. The minimum atomic E-state index is -0.644. The predicted molar refractivity (Wildman–Crippen MR) is 178 cm³/mol. The number of rotatable bonds is 6. The monoisotopic (exact) mass is 644 g/mol. The van der Waals surface area contributed by atoms with Gasteiger partial charge in [-0.05, 0) is 74.2 Å². The maximum Gasteiger partial charge on any atom is 0.257 e. The van der Waals surface area contributed by atoms with Gasteiger partial charge in [0.05, 0.1) is 11.1 Å². The molecule has 48 heavy (non-hydrogen) atoms. The number of ether oxygens (including phenoxy) is 4. The van der Waals surface area contributed by atoms with Crippen LogP contribution in [0.5, 0.6) is 23.0 Å². The van der Waals surface area contributed by atoms with Gasteiger partial charge in [0, 0.05) is 37.3 Å². The van der Waals surface area contributed by atoms with Gasteiger partial charge >= 0.3 is 0 Å². The molecule has 10 nitrogen and oxygen atoms in total. The number of para-hydroxylation sites is 6. The van der Waals surface area contributed by atoms with E-state index in [-0.39, 0.29) is 11.8 Å². The highest BCUT2D eigenvalue weighted by Crippen LogP contribution is 2.48. The molecule has 0 atom stereocenters. The molecule has 9 rings (SSSR count). The highest BCUT2D eigenvalue weighted by molar-refractivity contribution is 6.03. The summed E-state index contributed by atoms with van der Waals surface area (Å²) in [5.74, 6) is 2.85. The number of amides is 2. The average Bonchev–Trinajstić information content (AvgIpc) is 3.73. The van der Waals surface area contributed by atoms with Gasteiger partial charge < -0.3 is 39.4 Å². The van der Waals surface area contributed by atoms with Gasteiger partial charge in [-0.25, -0.2) is 0 Å². The van der Waals surface area contributed by atoms with E-state index in [4.69, 9.17) is 18.9 Å². The van der Waals surface area contributed by atoms with E-state index in [0.29, 0.717) is 62.7 Å². The number of nitrogens with zero attached hydrogens (tertiary/aromatic N) is 2. The van der Waals surface area contributed by atoms with E-state index in [0.717, 1.165) is 34.4 Å². The minimum absolute atomic E-state index is 0.0132. The second-order valence-electron chi connectivity index (χ2n) is 13.1. The normalized spacial score (nSPS) is 24.0. The van der Waals surface area contributed by atoms with E-state index in [9.17, 15) is 9.59 Å². The molecule has 244 valence electrons. The Kier molecular flexibility index (Phi) is 6.67. The quantitative estimate of drug-likeness (QED) is 0.247. The first kappa shape index (κ1) is 28.8. The molecule has 2 amide bonds.